The lowest BCUT2D eigenvalue weighted by Gasteiger charge is -2.20. The van der Waals surface area contributed by atoms with Crippen molar-refractivity contribution < 1.29 is 29.2 Å². The first-order valence-electron chi connectivity index (χ1n) is 8.78. The molecule has 11 heteroatoms. The molecule has 3 aromatic rings. The summed E-state index contributed by atoms with van der Waals surface area (Å²) in [6, 6.07) is 8.33. The average molecular weight is 401 g/mol. The number of nitrogens with zero attached hydrogens (tertiary/aromatic N) is 4. The number of hydrogen-bond donors (Lipinski definition) is 3. The molecule has 0 spiro atoms. The summed E-state index contributed by atoms with van der Waals surface area (Å²) in [6.07, 6.45) is -2.98. The molecular weight excluding hydrogens is 382 g/mol. The number of anilines is 1. The molecule has 29 heavy (non-hydrogen) atoms. The fraction of sp³-hybridized carbons (Fsp3) is 0.333. The van der Waals surface area contributed by atoms with Crippen LogP contribution in [0.2, 0.25) is 0 Å². The van der Waals surface area contributed by atoms with Gasteiger partial charge in [-0.15, -0.1) is 0 Å². The first-order valence-corrected chi connectivity index (χ1v) is 8.78. The van der Waals surface area contributed by atoms with Gasteiger partial charge in [0.2, 0.25) is 11.8 Å². The van der Waals surface area contributed by atoms with Gasteiger partial charge in [-0.25, -0.2) is 9.78 Å². The van der Waals surface area contributed by atoms with Gasteiger partial charge >= 0.3 is 5.97 Å². The summed E-state index contributed by atoms with van der Waals surface area (Å²) in [4.78, 5) is 24.7. The number of methoxy groups -OCH3 is 1. The van der Waals surface area contributed by atoms with Gasteiger partial charge in [0.25, 0.3) is 0 Å². The van der Waals surface area contributed by atoms with E-state index in [-0.39, 0.29) is 17.5 Å². The number of aliphatic hydroxyl groups is 2. The summed E-state index contributed by atoms with van der Waals surface area (Å²) in [6.45, 7) is -0.465. The molecule has 0 bridgehead atoms. The molecule has 1 unspecified atom stereocenters. The van der Waals surface area contributed by atoms with Crippen molar-refractivity contribution in [3.8, 4) is 5.88 Å². The molecule has 3 heterocycles. The normalized spacial score (nSPS) is 24.0. The number of carbonyl (C=O) groups is 1. The number of esters is 1. The summed E-state index contributed by atoms with van der Waals surface area (Å²) in [7, 11) is 1.42. The zero-order valence-electron chi connectivity index (χ0n) is 15.4. The second-order valence-corrected chi connectivity index (χ2v) is 6.39. The highest BCUT2D eigenvalue weighted by molar-refractivity contribution is 5.89. The number of nitrogen functional groups attached to an aromatic ring is 1. The lowest BCUT2D eigenvalue weighted by molar-refractivity contribution is -0.0529. The molecule has 1 saturated heterocycles. The van der Waals surface area contributed by atoms with Gasteiger partial charge in [0, 0.05) is 0 Å². The third-order valence-electron chi connectivity index (χ3n) is 4.62. The van der Waals surface area contributed by atoms with Gasteiger partial charge < -0.3 is 30.2 Å². The van der Waals surface area contributed by atoms with E-state index in [4.69, 9.17) is 19.9 Å². The smallest absolute Gasteiger partial charge is 0.338 e. The number of rotatable bonds is 5. The zero-order valence-corrected chi connectivity index (χ0v) is 15.4. The van der Waals surface area contributed by atoms with Crippen LogP contribution in [0.1, 0.15) is 16.6 Å². The van der Waals surface area contributed by atoms with Gasteiger partial charge in [0.15, 0.2) is 23.5 Å². The molecule has 4 rings (SSSR count). The molecule has 0 saturated carbocycles. The SMILES string of the molecule is COc1nc(N)nc2c1ncn2C1O[C@H](CO)[C@@H](OC(=O)c2ccccc2)[C@@H]1O. The monoisotopic (exact) mass is 401 g/mol. The van der Waals surface area contributed by atoms with Crippen LogP contribution < -0.4 is 10.5 Å². The summed E-state index contributed by atoms with van der Waals surface area (Å²) in [5, 5.41) is 20.5. The van der Waals surface area contributed by atoms with E-state index in [1.54, 1.807) is 30.3 Å². The molecule has 0 amide bonds. The predicted molar refractivity (Wildman–Crippen MR) is 98.9 cm³/mol. The van der Waals surface area contributed by atoms with Crippen LogP contribution in [0.5, 0.6) is 5.88 Å². The minimum Gasteiger partial charge on any atom is -0.479 e. The van der Waals surface area contributed by atoms with E-state index in [9.17, 15) is 15.0 Å². The Kier molecular flexibility index (Phi) is 5.01. The van der Waals surface area contributed by atoms with Crippen molar-refractivity contribution in [1.29, 1.82) is 0 Å². The quantitative estimate of drug-likeness (QED) is 0.493. The van der Waals surface area contributed by atoms with Crippen LogP contribution >= 0.6 is 0 Å². The van der Waals surface area contributed by atoms with Gasteiger partial charge in [-0.05, 0) is 12.1 Å². The Bertz CT molecular complexity index is 1030. The lowest BCUT2D eigenvalue weighted by atomic mass is 10.1. The van der Waals surface area contributed by atoms with Crippen LogP contribution in [-0.4, -0.2) is 67.7 Å². The molecule has 4 atom stereocenters. The van der Waals surface area contributed by atoms with Gasteiger partial charge in [-0.3, -0.25) is 4.57 Å². The Morgan fingerprint density at radius 3 is 2.76 bits per heavy atom. The van der Waals surface area contributed by atoms with E-state index in [0.717, 1.165) is 0 Å². The van der Waals surface area contributed by atoms with Gasteiger partial charge in [-0.2, -0.15) is 9.97 Å². The highest BCUT2D eigenvalue weighted by Crippen LogP contribution is 2.34. The molecule has 1 aliphatic rings. The molecule has 2 aromatic heterocycles. The lowest BCUT2D eigenvalue weighted by Crippen LogP contribution is -2.37. The molecule has 4 N–H and O–H groups in total. The van der Waals surface area contributed by atoms with E-state index in [1.807, 2.05) is 0 Å². The molecule has 152 valence electrons. The fourth-order valence-electron chi connectivity index (χ4n) is 3.24. The number of carbonyl (C=O) groups excluding carboxylic acids is 1. The van der Waals surface area contributed by atoms with Crippen LogP contribution in [0, 0.1) is 0 Å². The highest BCUT2D eigenvalue weighted by Gasteiger charge is 2.47. The topological polar surface area (TPSA) is 155 Å². The molecule has 1 aromatic carbocycles. The molecule has 0 radical (unpaired) electrons. The minimum absolute atomic E-state index is 0.0469. The van der Waals surface area contributed by atoms with E-state index < -0.39 is 37.1 Å². The number of nitrogens with two attached hydrogens (primary N) is 1. The van der Waals surface area contributed by atoms with Crippen molar-refractivity contribution in [2.45, 2.75) is 24.5 Å². The maximum absolute atomic E-state index is 12.4. The first kappa shape index (κ1) is 19.1. The Hall–Kier alpha value is -3.28. The highest BCUT2D eigenvalue weighted by atomic mass is 16.6. The number of imidazole rings is 1. The summed E-state index contributed by atoms with van der Waals surface area (Å²) >= 11 is 0. The number of aliphatic hydroxyl groups excluding tert-OH is 2. The molecule has 0 aliphatic carbocycles. The second-order valence-electron chi connectivity index (χ2n) is 6.39. The number of ether oxygens (including phenoxy) is 3. The summed E-state index contributed by atoms with van der Waals surface area (Å²) in [5.74, 6) is -0.514. The maximum atomic E-state index is 12.4. The van der Waals surface area contributed by atoms with Crippen molar-refractivity contribution in [3.63, 3.8) is 0 Å². The Labute approximate surface area is 164 Å². The van der Waals surface area contributed by atoms with Gasteiger partial charge in [0.05, 0.1) is 25.6 Å². The third-order valence-corrected chi connectivity index (χ3v) is 4.62. The largest absolute Gasteiger partial charge is 0.479 e. The number of fused-ring (bicyclic) bond motifs is 1. The van der Waals surface area contributed by atoms with Crippen molar-refractivity contribution >= 4 is 23.1 Å². The Morgan fingerprint density at radius 1 is 1.31 bits per heavy atom. The minimum atomic E-state index is -1.29. The fourth-order valence-corrected chi connectivity index (χ4v) is 3.24. The van der Waals surface area contributed by atoms with Crippen LogP contribution in [-0.2, 0) is 9.47 Å². The molecule has 1 fully saturated rings. The number of hydrogen-bond acceptors (Lipinski definition) is 10. The maximum Gasteiger partial charge on any atom is 0.338 e. The van der Waals surface area contributed by atoms with E-state index in [0.29, 0.717) is 11.1 Å². The average Bonchev–Trinajstić information content (AvgIpc) is 3.29. The van der Waals surface area contributed by atoms with Crippen molar-refractivity contribution in [2.75, 3.05) is 19.5 Å². The predicted octanol–water partition coefficient (Wildman–Crippen LogP) is -0.107. The van der Waals surface area contributed by atoms with Crippen LogP contribution in [0.15, 0.2) is 36.7 Å². The van der Waals surface area contributed by atoms with E-state index in [2.05, 4.69) is 15.0 Å². The van der Waals surface area contributed by atoms with Crippen LogP contribution in [0.25, 0.3) is 11.2 Å². The van der Waals surface area contributed by atoms with Crippen molar-refractivity contribution in [3.05, 3.63) is 42.2 Å². The Balaban J connectivity index is 1.64. The molecular formula is C18H19N5O6. The van der Waals surface area contributed by atoms with Crippen molar-refractivity contribution in [1.82, 2.24) is 19.5 Å². The van der Waals surface area contributed by atoms with E-state index in [1.165, 1.54) is 18.0 Å². The Morgan fingerprint density at radius 2 is 2.07 bits per heavy atom. The van der Waals surface area contributed by atoms with Crippen molar-refractivity contribution in [2.24, 2.45) is 0 Å². The zero-order chi connectivity index (χ0) is 20.5. The summed E-state index contributed by atoms with van der Waals surface area (Å²) in [5.41, 5.74) is 6.63. The van der Waals surface area contributed by atoms with Crippen LogP contribution in [0.3, 0.4) is 0 Å². The standard InChI is InChI=1S/C18H19N5O6/c1-27-15-11-14(21-18(19)22-15)23(8-20-11)16-12(25)13(10(7-24)28-16)29-17(26)9-5-3-2-4-6-9/h2-6,8,10,12-13,16,24-25H,7H2,1H3,(H2,19,21,22)/t10-,12+,13-,16?/m1/s1. The third kappa shape index (κ3) is 3.35. The summed E-state index contributed by atoms with van der Waals surface area (Å²) < 4.78 is 17.8. The molecule has 11 nitrogen and oxygen atoms in total. The van der Waals surface area contributed by atoms with Gasteiger partial charge in [0.1, 0.15) is 12.2 Å². The van der Waals surface area contributed by atoms with E-state index >= 15 is 0 Å². The van der Waals surface area contributed by atoms with Crippen LogP contribution in [0.4, 0.5) is 5.95 Å². The molecule has 1 aliphatic heterocycles. The first-order chi connectivity index (χ1) is 14.0. The second kappa shape index (κ2) is 7.62. The number of benzene rings is 1. The number of aromatic nitrogens is 4. The van der Waals surface area contributed by atoms with Gasteiger partial charge in [-0.1, -0.05) is 18.2 Å².